The van der Waals surface area contributed by atoms with Crippen molar-refractivity contribution in [1.82, 2.24) is 0 Å². The molecule has 18 heavy (non-hydrogen) atoms. The number of aromatic hydroxyl groups is 1. The molecule has 0 aliphatic carbocycles. The van der Waals surface area contributed by atoms with Crippen LogP contribution in [0.5, 0.6) is 5.75 Å². The van der Waals surface area contributed by atoms with Gasteiger partial charge >= 0.3 is 0 Å². The summed E-state index contributed by atoms with van der Waals surface area (Å²) in [5.41, 5.74) is 1.50. The summed E-state index contributed by atoms with van der Waals surface area (Å²) in [7, 11) is 0. The molecule has 0 spiro atoms. The van der Waals surface area contributed by atoms with E-state index in [0.717, 1.165) is 10.0 Å². The molecule has 0 atom stereocenters. The van der Waals surface area contributed by atoms with E-state index in [4.69, 9.17) is 5.11 Å². The smallest absolute Gasteiger partial charge is 0.185 e. The van der Waals surface area contributed by atoms with Crippen LogP contribution in [0.2, 0.25) is 0 Å². The number of carbonyl (C=O) groups excluding carboxylic acids is 1. The van der Waals surface area contributed by atoms with E-state index in [2.05, 4.69) is 15.9 Å². The quantitative estimate of drug-likeness (QED) is 0.686. The summed E-state index contributed by atoms with van der Waals surface area (Å²) in [5, 5.41) is 9.15. The minimum Gasteiger partial charge on any atom is -0.508 e. The van der Waals surface area contributed by atoms with E-state index in [9.17, 15) is 4.79 Å². The first-order valence-corrected chi connectivity index (χ1v) is 6.22. The highest BCUT2D eigenvalue weighted by Crippen LogP contribution is 2.18. The molecule has 0 amide bonds. The topological polar surface area (TPSA) is 37.3 Å². The zero-order chi connectivity index (χ0) is 13.0. The van der Waals surface area contributed by atoms with Gasteiger partial charge in [0.2, 0.25) is 0 Å². The van der Waals surface area contributed by atoms with E-state index in [1.165, 1.54) is 18.2 Å². The van der Waals surface area contributed by atoms with Crippen LogP contribution in [0, 0.1) is 0 Å². The summed E-state index contributed by atoms with van der Waals surface area (Å²) in [6, 6.07) is 13.9. The molecule has 3 heteroatoms. The number of hydrogen-bond acceptors (Lipinski definition) is 2. The van der Waals surface area contributed by atoms with Gasteiger partial charge in [-0.2, -0.15) is 0 Å². The highest BCUT2D eigenvalue weighted by molar-refractivity contribution is 9.10. The average molecular weight is 303 g/mol. The Morgan fingerprint density at radius 1 is 1.06 bits per heavy atom. The lowest BCUT2D eigenvalue weighted by Gasteiger charge is -1.98. The summed E-state index contributed by atoms with van der Waals surface area (Å²) >= 11 is 3.42. The van der Waals surface area contributed by atoms with Crippen LogP contribution in [0.25, 0.3) is 6.08 Å². The molecule has 2 aromatic carbocycles. The predicted molar refractivity (Wildman–Crippen MR) is 75.6 cm³/mol. The van der Waals surface area contributed by atoms with Crippen molar-refractivity contribution in [2.45, 2.75) is 0 Å². The van der Waals surface area contributed by atoms with Crippen molar-refractivity contribution >= 4 is 27.8 Å². The van der Waals surface area contributed by atoms with Crippen molar-refractivity contribution < 1.29 is 9.90 Å². The van der Waals surface area contributed by atoms with Gasteiger partial charge in [-0.15, -0.1) is 0 Å². The fraction of sp³-hybridized carbons (Fsp3) is 0. The van der Waals surface area contributed by atoms with Crippen molar-refractivity contribution in [2.75, 3.05) is 0 Å². The molecular weight excluding hydrogens is 292 g/mol. The number of allylic oxidation sites excluding steroid dienone is 1. The van der Waals surface area contributed by atoms with Gasteiger partial charge in [-0.05, 0) is 48.0 Å². The van der Waals surface area contributed by atoms with Crippen LogP contribution in [0.4, 0.5) is 0 Å². The standard InChI is InChI=1S/C15H11BrO2/c16-14-4-2-1-3-11(14)7-10-15(18)12-5-8-13(17)9-6-12/h1-10,17H/b10-7+. The number of hydrogen-bond donors (Lipinski definition) is 1. The molecule has 0 bridgehead atoms. The van der Waals surface area contributed by atoms with Gasteiger partial charge in [0.25, 0.3) is 0 Å². The van der Waals surface area contributed by atoms with Crippen LogP contribution >= 0.6 is 15.9 Å². The SMILES string of the molecule is O=C(/C=C/c1ccccc1Br)c1ccc(O)cc1. The number of halogens is 1. The molecule has 0 saturated heterocycles. The molecule has 2 aromatic rings. The van der Waals surface area contributed by atoms with Crippen LogP contribution in [-0.2, 0) is 0 Å². The molecule has 0 fully saturated rings. The Hall–Kier alpha value is -1.87. The number of phenolic OH excluding ortho intramolecular Hbond substituents is 1. The van der Waals surface area contributed by atoms with Gasteiger partial charge in [0, 0.05) is 10.0 Å². The molecule has 0 aliphatic rings. The predicted octanol–water partition coefficient (Wildman–Crippen LogP) is 4.05. The lowest BCUT2D eigenvalue weighted by molar-refractivity contribution is 0.104. The van der Waals surface area contributed by atoms with Crippen molar-refractivity contribution in [3.63, 3.8) is 0 Å². The first-order valence-electron chi connectivity index (χ1n) is 5.43. The lowest BCUT2D eigenvalue weighted by Crippen LogP contribution is -1.93. The average Bonchev–Trinajstić information content (AvgIpc) is 2.38. The molecule has 2 rings (SSSR count). The third-order valence-electron chi connectivity index (χ3n) is 2.47. The molecule has 0 aliphatic heterocycles. The van der Waals surface area contributed by atoms with E-state index in [-0.39, 0.29) is 11.5 Å². The van der Waals surface area contributed by atoms with E-state index < -0.39 is 0 Å². The molecule has 0 heterocycles. The lowest BCUT2D eigenvalue weighted by atomic mass is 10.1. The zero-order valence-electron chi connectivity index (χ0n) is 9.51. The first kappa shape index (κ1) is 12.6. The van der Waals surface area contributed by atoms with Gasteiger partial charge in [-0.3, -0.25) is 4.79 Å². The van der Waals surface area contributed by atoms with E-state index >= 15 is 0 Å². The molecule has 1 N–H and O–H groups in total. The Balaban J connectivity index is 2.17. The van der Waals surface area contributed by atoms with E-state index in [0.29, 0.717) is 5.56 Å². The second kappa shape index (κ2) is 5.65. The van der Waals surface area contributed by atoms with Crippen molar-refractivity contribution in [1.29, 1.82) is 0 Å². The molecule has 0 radical (unpaired) electrons. The molecule has 2 nitrogen and oxygen atoms in total. The molecular formula is C15H11BrO2. The summed E-state index contributed by atoms with van der Waals surface area (Å²) in [6.45, 7) is 0. The van der Waals surface area contributed by atoms with E-state index in [1.54, 1.807) is 18.2 Å². The van der Waals surface area contributed by atoms with Gasteiger partial charge in [-0.1, -0.05) is 34.1 Å². The summed E-state index contributed by atoms with van der Waals surface area (Å²) < 4.78 is 0.944. The fourth-order valence-electron chi connectivity index (χ4n) is 1.50. The number of carbonyl (C=O) groups is 1. The first-order chi connectivity index (χ1) is 8.66. The Labute approximate surface area is 114 Å². The van der Waals surface area contributed by atoms with E-state index in [1.807, 2.05) is 24.3 Å². The second-order valence-corrected chi connectivity index (χ2v) is 4.62. The number of benzene rings is 2. The Kier molecular flexibility index (Phi) is 3.95. The largest absolute Gasteiger partial charge is 0.508 e. The maximum absolute atomic E-state index is 11.9. The number of ketones is 1. The maximum atomic E-state index is 11.9. The van der Waals surface area contributed by atoms with Crippen molar-refractivity contribution in [2.24, 2.45) is 0 Å². The highest BCUT2D eigenvalue weighted by atomic mass is 79.9. The van der Waals surface area contributed by atoms with Gasteiger partial charge in [0.15, 0.2) is 5.78 Å². The Morgan fingerprint density at radius 2 is 1.72 bits per heavy atom. The van der Waals surface area contributed by atoms with Gasteiger partial charge < -0.3 is 5.11 Å². The van der Waals surface area contributed by atoms with Gasteiger partial charge in [-0.25, -0.2) is 0 Å². The molecule has 0 saturated carbocycles. The van der Waals surface area contributed by atoms with Gasteiger partial charge in [0.1, 0.15) is 5.75 Å². The summed E-state index contributed by atoms with van der Waals surface area (Å²) in [5.74, 6) is 0.0621. The third kappa shape index (κ3) is 3.08. The third-order valence-corrected chi connectivity index (χ3v) is 3.19. The Morgan fingerprint density at radius 3 is 2.39 bits per heavy atom. The minimum absolute atomic E-state index is 0.0919. The fourth-order valence-corrected chi connectivity index (χ4v) is 1.91. The second-order valence-electron chi connectivity index (χ2n) is 3.77. The Bertz CT molecular complexity index is 586. The van der Waals surface area contributed by atoms with Crippen molar-refractivity contribution in [3.05, 3.63) is 70.2 Å². The van der Waals surface area contributed by atoms with Crippen LogP contribution in [-0.4, -0.2) is 10.9 Å². The van der Waals surface area contributed by atoms with Crippen molar-refractivity contribution in [3.8, 4) is 5.75 Å². The molecule has 90 valence electrons. The zero-order valence-corrected chi connectivity index (χ0v) is 11.1. The molecule has 0 aromatic heterocycles. The van der Waals surface area contributed by atoms with Crippen LogP contribution < -0.4 is 0 Å². The highest BCUT2D eigenvalue weighted by Gasteiger charge is 2.01. The monoisotopic (exact) mass is 302 g/mol. The van der Waals surface area contributed by atoms with Crippen LogP contribution in [0.3, 0.4) is 0 Å². The number of phenols is 1. The number of rotatable bonds is 3. The summed E-state index contributed by atoms with van der Waals surface area (Å²) in [4.78, 5) is 11.9. The van der Waals surface area contributed by atoms with Crippen LogP contribution in [0.1, 0.15) is 15.9 Å². The van der Waals surface area contributed by atoms with Crippen LogP contribution in [0.15, 0.2) is 59.1 Å². The molecule has 0 unspecified atom stereocenters. The summed E-state index contributed by atoms with van der Waals surface area (Å²) in [6.07, 6.45) is 3.28. The minimum atomic E-state index is -0.0919. The normalized spacial score (nSPS) is 10.7. The maximum Gasteiger partial charge on any atom is 0.185 e. The van der Waals surface area contributed by atoms with Gasteiger partial charge in [0.05, 0.1) is 0 Å².